The third-order valence-electron chi connectivity index (χ3n) is 4.34. The third kappa shape index (κ3) is 2.76. The average Bonchev–Trinajstić information content (AvgIpc) is 3.12. The molecule has 2 aromatic carbocycles. The molecule has 25 heavy (non-hydrogen) atoms. The molecule has 4 rings (SSSR count). The second kappa shape index (κ2) is 6.05. The number of carbonyl (C=O) groups is 1. The number of hydrogen-bond donors (Lipinski definition) is 1. The van der Waals surface area contributed by atoms with E-state index >= 15 is 0 Å². The number of carbonyl (C=O) groups excluding carboxylic acids is 1. The molecule has 0 aromatic heterocycles. The molecule has 0 saturated carbocycles. The van der Waals surface area contributed by atoms with Gasteiger partial charge in [0.1, 0.15) is 5.84 Å². The van der Waals surface area contributed by atoms with Gasteiger partial charge in [0.2, 0.25) is 5.96 Å². The fourth-order valence-corrected chi connectivity index (χ4v) is 3.00. The molecule has 0 spiro atoms. The van der Waals surface area contributed by atoms with Gasteiger partial charge < -0.3 is 4.90 Å². The standard InChI is InChI=1S/C19H19N5O/c1-23(2)14-9-7-13(8-10-14)18(25)22-19-21-16-6-4-3-5-15(16)17-20-11-12-24(17)19/h3-10H,11-12H2,1-2H3,(H,21,22,25). The van der Waals surface area contributed by atoms with Gasteiger partial charge in [0.25, 0.3) is 5.91 Å². The van der Waals surface area contributed by atoms with Gasteiger partial charge in [-0.15, -0.1) is 0 Å². The number of anilines is 1. The van der Waals surface area contributed by atoms with Gasteiger partial charge in [-0.05, 0) is 36.4 Å². The summed E-state index contributed by atoms with van der Waals surface area (Å²) in [6, 6.07) is 15.4. The van der Waals surface area contributed by atoms with E-state index in [0.717, 1.165) is 29.3 Å². The number of benzene rings is 2. The zero-order valence-corrected chi connectivity index (χ0v) is 14.2. The maximum absolute atomic E-state index is 12.6. The Labute approximate surface area is 146 Å². The number of nitrogens with zero attached hydrogens (tertiary/aromatic N) is 4. The van der Waals surface area contributed by atoms with Crippen LogP contribution in [0.25, 0.3) is 0 Å². The number of rotatable bonds is 2. The van der Waals surface area contributed by atoms with Crippen LogP contribution in [0.15, 0.2) is 58.5 Å². The number of hydrogen-bond acceptors (Lipinski definition) is 5. The van der Waals surface area contributed by atoms with Crippen molar-refractivity contribution in [2.45, 2.75) is 0 Å². The SMILES string of the molecule is CN(C)c1ccc(C(=O)NC2=Nc3ccccc3C3=NCCN23)cc1. The summed E-state index contributed by atoms with van der Waals surface area (Å²) in [6.07, 6.45) is 0. The van der Waals surface area contributed by atoms with E-state index in [1.165, 1.54) is 0 Å². The van der Waals surface area contributed by atoms with Crippen molar-refractivity contribution in [2.24, 2.45) is 9.98 Å². The minimum atomic E-state index is -0.172. The molecule has 0 atom stereocenters. The fourth-order valence-electron chi connectivity index (χ4n) is 3.00. The highest BCUT2D eigenvalue weighted by Gasteiger charge is 2.30. The van der Waals surface area contributed by atoms with Crippen LogP contribution in [0.2, 0.25) is 0 Å². The van der Waals surface area contributed by atoms with Crippen molar-refractivity contribution < 1.29 is 4.79 Å². The van der Waals surface area contributed by atoms with Crippen LogP contribution in [-0.2, 0) is 0 Å². The molecule has 1 amide bonds. The van der Waals surface area contributed by atoms with Crippen LogP contribution >= 0.6 is 0 Å². The van der Waals surface area contributed by atoms with Crippen LogP contribution in [0.3, 0.4) is 0 Å². The summed E-state index contributed by atoms with van der Waals surface area (Å²) in [6.45, 7) is 1.43. The van der Waals surface area contributed by atoms with Crippen molar-refractivity contribution in [3.05, 3.63) is 59.7 Å². The molecular formula is C19H19N5O. The van der Waals surface area contributed by atoms with E-state index in [1.807, 2.05) is 72.4 Å². The first-order valence-electron chi connectivity index (χ1n) is 8.22. The highest BCUT2D eigenvalue weighted by molar-refractivity contribution is 6.19. The van der Waals surface area contributed by atoms with E-state index in [4.69, 9.17) is 0 Å². The summed E-state index contributed by atoms with van der Waals surface area (Å²) in [4.78, 5) is 25.8. The molecule has 6 heteroatoms. The minimum absolute atomic E-state index is 0.172. The fraction of sp³-hybridized carbons (Fsp3) is 0.211. The summed E-state index contributed by atoms with van der Waals surface area (Å²) in [5.41, 5.74) is 3.49. The number of amidine groups is 1. The highest BCUT2D eigenvalue weighted by atomic mass is 16.1. The number of amides is 1. The molecule has 0 saturated heterocycles. The monoisotopic (exact) mass is 333 g/mol. The second-order valence-corrected chi connectivity index (χ2v) is 6.20. The van der Waals surface area contributed by atoms with Gasteiger partial charge in [0.05, 0.1) is 12.2 Å². The molecule has 0 unspecified atom stereocenters. The Morgan fingerprint density at radius 3 is 2.64 bits per heavy atom. The number of nitrogens with one attached hydrogen (secondary N) is 1. The second-order valence-electron chi connectivity index (χ2n) is 6.20. The molecular weight excluding hydrogens is 314 g/mol. The van der Waals surface area contributed by atoms with Gasteiger partial charge in [0.15, 0.2) is 0 Å². The minimum Gasteiger partial charge on any atom is -0.378 e. The molecule has 2 aliphatic rings. The summed E-state index contributed by atoms with van der Waals surface area (Å²) in [5.74, 6) is 1.25. The summed E-state index contributed by atoms with van der Waals surface area (Å²) in [7, 11) is 3.94. The lowest BCUT2D eigenvalue weighted by molar-refractivity contribution is 0.0974. The van der Waals surface area contributed by atoms with Crippen molar-refractivity contribution >= 4 is 29.1 Å². The number of guanidine groups is 1. The maximum atomic E-state index is 12.6. The first-order valence-corrected chi connectivity index (χ1v) is 8.22. The van der Waals surface area contributed by atoms with E-state index in [9.17, 15) is 4.79 Å². The first kappa shape index (κ1) is 15.4. The summed E-state index contributed by atoms with van der Waals surface area (Å²) >= 11 is 0. The van der Waals surface area contributed by atoms with Crippen LogP contribution in [0.4, 0.5) is 11.4 Å². The van der Waals surface area contributed by atoms with Gasteiger partial charge in [-0.25, -0.2) is 4.99 Å². The first-order chi connectivity index (χ1) is 12.1. The summed E-state index contributed by atoms with van der Waals surface area (Å²) < 4.78 is 0. The van der Waals surface area contributed by atoms with Crippen LogP contribution in [-0.4, -0.2) is 49.8 Å². The molecule has 0 bridgehead atoms. The van der Waals surface area contributed by atoms with Gasteiger partial charge >= 0.3 is 0 Å². The van der Waals surface area contributed by atoms with Crippen molar-refractivity contribution in [3.63, 3.8) is 0 Å². The molecule has 1 N–H and O–H groups in total. The Balaban J connectivity index is 1.61. The molecule has 6 nitrogen and oxygen atoms in total. The Bertz CT molecular complexity index is 883. The summed E-state index contributed by atoms with van der Waals surface area (Å²) in [5, 5.41) is 2.94. The lowest BCUT2D eigenvalue weighted by atomic mass is 10.1. The zero-order chi connectivity index (χ0) is 17.4. The van der Waals surface area contributed by atoms with Gasteiger partial charge in [0, 0.05) is 37.5 Å². The number of aliphatic imine (C=N–C) groups is 2. The van der Waals surface area contributed by atoms with E-state index in [0.29, 0.717) is 18.1 Å². The Hall–Kier alpha value is -3.15. The van der Waals surface area contributed by atoms with Crippen LogP contribution in [0.1, 0.15) is 15.9 Å². The predicted octanol–water partition coefficient (Wildman–Crippen LogP) is 2.25. The van der Waals surface area contributed by atoms with E-state index in [1.54, 1.807) is 0 Å². The average molecular weight is 333 g/mol. The molecule has 126 valence electrons. The van der Waals surface area contributed by atoms with E-state index < -0.39 is 0 Å². The Morgan fingerprint density at radius 1 is 1.12 bits per heavy atom. The molecule has 2 aliphatic heterocycles. The number of para-hydroxylation sites is 1. The van der Waals surface area contributed by atoms with Crippen molar-refractivity contribution in [1.29, 1.82) is 0 Å². The largest absolute Gasteiger partial charge is 0.378 e. The highest BCUT2D eigenvalue weighted by Crippen LogP contribution is 2.27. The molecule has 0 radical (unpaired) electrons. The van der Waals surface area contributed by atoms with Crippen molar-refractivity contribution in [1.82, 2.24) is 10.2 Å². The predicted molar refractivity (Wildman–Crippen MR) is 99.9 cm³/mol. The van der Waals surface area contributed by atoms with Crippen molar-refractivity contribution in [2.75, 3.05) is 32.1 Å². The lowest BCUT2D eigenvalue weighted by Crippen LogP contribution is -2.47. The maximum Gasteiger partial charge on any atom is 0.257 e. The Morgan fingerprint density at radius 2 is 1.88 bits per heavy atom. The molecule has 2 heterocycles. The quantitative estimate of drug-likeness (QED) is 0.917. The molecule has 0 fully saturated rings. The normalized spacial score (nSPS) is 15.0. The van der Waals surface area contributed by atoms with Gasteiger partial charge in [-0.3, -0.25) is 20.0 Å². The van der Waals surface area contributed by atoms with Crippen LogP contribution < -0.4 is 10.2 Å². The van der Waals surface area contributed by atoms with Gasteiger partial charge in [-0.2, -0.15) is 0 Å². The van der Waals surface area contributed by atoms with Crippen molar-refractivity contribution in [3.8, 4) is 0 Å². The Kier molecular flexibility index (Phi) is 3.72. The van der Waals surface area contributed by atoms with Gasteiger partial charge in [-0.1, -0.05) is 12.1 Å². The van der Waals surface area contributed by atoms with Crippen LogP contribution in [0.5, 0.6) is 0 Å². The molecule has 0 aliphatic carbocycles. The van der Waals surface area contributed by atoms with Crippen LogP contribution in [0, 0.1) is 0 Å². The lowest BCUT2D eigenvalue weighted by Gasteiger charge is -2.27. The molecule has 2 aromatic rings. The topological polar surface area (TPSA) is 60.3 Å². The van der Waals surface area contributed by atoms with E-state index in [2.05, 4.69) is 15.3 Å². The third-order valence-corrected chi connectivity index (χ3v) is 4.34. The van der Waals surface area contributed by atoms with E-state index in [-0.39, 0.29) is 5.91 Å². The number of fused-ring (bicyclic) bond motifs is 3. The zero-order valence-electron chi connectivity index (χ0n) is 14.2. The smallest absolute Gasteiger partial charge is 0.257 e.